The Labute approximate surface area is 144 Å². The lowest BCUT2D eigenvalue weighted by molar-refractivity contribution is 0.0600. The average molecular weight is 366 g/mol. The number of benzene rings is 1. The molecule has 0 unspecified atom stereocenters. The Hall–Kier alpha value is -1.93. The minimum atomic E-state index is -3.73. The molecule has 0 atom stereocenters. The predicted molar refractivity (Wildman–Crippen MR) is 92.0 cm³/mol. The van der Waals surface area contributed by atoms with E-state index in [1.165, 1.54) is 54.0 Å². The van der Waals surface area contributed by atoms with Gasteiger partial charge in [-0.3, -0.25) is 4.72 Å². The van der Waals surface area contributed by atoms with Crippen LogP contribution in [0.4, 0.5) is 5.13 Å². The summed E-state index contributed by atoms with van der Waals surface area (Å²) < 4.78 is 32.1. The molecule has 0 radical (unpaired) electrons. The number of hydrogen-bond donors (Lipinski definition) is 1. The summed E-state index contributed by atoms with van der Waals surface area (Å²) in [7, 11) is -2.45. The number of carbonyl (C=O) groups excluding carboxylic acids is 1. The molecule has 1 N–H and O–H groups in total. The second-order valence-corrected chi connectivity index (χ2v) is 8.34. The molecule has 0 aliphatic heterocycles. The quantitative estimate of drug-likeness (QED) is 0.664. The second kappa shape index (κ2) is 6.90. The van der Waals surface area contributed by atoms with Crippen LogP contribution in [0.2, 0.25) is 0 Å². The van der Waals surface area contributed by atoms with Crippen LogP contribution in [-0.2, 0) is 27.6 Å². The van der Waals surface area contributed by atoms with Crippen molar-refractivity contribution in [2.24, 2.45) is 0 Å². The number of nitrogens with zero attached hydrogens (tertiary/aromatic N) is 1. The molecule has 0 amide bonds. The van der Waals surface area contributed by atoms with Crippen LogP contribution in [0.5, 0.6) is 0 Å². The van der Waals surface area contributed by atoms with E-state index in [0.29, 0.717) is 10.7 Å². The highest BCUT2D eigenvalue weighted by molar-refractivity contribution is 7.93. The van der Waals surface area contributed by atoms with Crippen molar-refractivity contribution in [1.82, 2.24) is 4.98 Å². The van der Waals surface area contributed by atoms with Gasteiger partial charge in [-0.05, 0) is 49.9 Å². The molecule has 0 fully saturated rings. The van der Waals surface area contributed by atoms with Crippen molar-refractivity contribution in [3.05, 3.63) is 40.4 Å². The maximum absolute atomic E-state index is 12.5. The number of aromatic nitrogens is 1. The Balaban J connectivity index is 1.80. The van der Waals surface area contributed by atoms with E-state index >= 15 is 0 Å². The summed E-state index contributed by atoms with van der Waals surface area (Å²) in [6, 6.07) is 5.62. The lowest BCUT2D eigenvalue weighted by Gasteiger charge is -2.06. The standard InChI is InChI=1S/C16H18N2O4S2/c1-22-15(19)11-7-9-12(10-8-11)24(20,21)18-16-17-13-5-3-2-4-6-14(13)23-16/h7-10H,2-6H2,1H3,(H,17,18). The number of rotatable bonds is 4. The maximum Gasteiger partial charge on any atom is 0.337 e. The number of methoxy groups -OCH3 is 1. The van der Waals surface area contributed by atoms with Crippen molar-refractivity contribution in [3.8, 4) is 0 Å². The van der Waals surface area contributed by atoms with Crippen molar-refractivity contribution in [3.63, 3.8) is 0 Å². The molecular formula is C16H18N2O4S2. The van der Waals surface area contributed by atoms with Gasteiger partial charge in [0.2, 0.25) is 0 Å². The van der Waals surface area contributed by atoms with Gasteiger partial charge in [0.25, 0.3) is 10.0 Å². The fourth-order valence-electron chi connectivity index (χ4n) is 2.63. The number of hydrogen-bond acceptors (Lipinski definition) is 6. The molecule has 1 heterocycles. The smallest absolute Gasteiger partial charge is 0.337 e. The van der Waals surface area contributed by atoms with E-state index in [0.717, 1.165) is 31.4 Å². The van der Waals surface area contributed by atoms with Gasteiger partial charge < -0.3 is 4.74 Å². The van der Waals surface area contributed by atoms with Crippen molar-refractivity contribution in [1.29, 1.82) is 0 Å². The van der Waals surface area contributed by atoms with Crippen LogP contribution in [0, 0.1) is 0 Å². The molecule has 3 rings (SSSR count). The van der Waals surface area contributed by atoms with Gasteiger partial charge in [0.05, 0.1) is 23.3 Å². The van der Waals surface area contributed by atoms with E-state index in [-0.39, 0.29) is 4.90 Å². The number of esters is 1. The third kappa shape index (κ3) is 3.59. The van der Waals surface area contributed by atoms with Gasteiger partial charge in [0.1, 0.15) is 0 Å². The molecule has 8 heteroatoms. The highest BCUT2D eigenvalue weighted by Gasteiger charge is 2.20. The molecule has 24 heavy (non-hydrogen) atoms. The van der Waals surface area contributed by atoms with Crippen molar-refractivity contribution >= 4 is 32.5 Å². The zero-order valence-corrected chi connectivity index (χ0v) is 14.9. The SMILES string of the molecule is COC(=O)c1ccc(S(=O)(=O)Nc2nc3c(s2)CCCCC3)cc1. The predicted octanol–water partition coefficient (Wildman–Crippen LogP) is 3.00. The van der Waals surface area contributed by atoms with Crippen LogP contribution in [0.25, 0.3) is 0 Å². The van der Waals surface area contributed by atoms with E-state index in [1.54, 1.807) is 0 Å². The molecule has 0 saturated heterocycles. The first kappa shape index (κ1) is 16.9. The number of ether oxygens (including phenoxy) is 1. The first-order valence-corrected chi connectivity index (χ1v) is 9.99. The highest BCUT2D eigenvalue weighted by atomic mass is 32.2. The summed E-state index contributed by atoms with van der Waals surface area (Å²) in [5.41, 5.74) is 1.31. The normalized spacial score (nSPS) is 14.5. The Morgan fingerprint density at radius 2 is 1.88 bits per heavy atom. The number of nitrogens with one attached hydrogen (secondary N) is 1. The Morgan fingerprint density at radius 1 is 1.17 bits per heavy atom. The minimum absolute atomic E-state index is 0.0838. The molecule has 1 aliphatic rings. The van der Waals surface area contributed by atoms with Crippen LogP contribution in [0.1, 0.15) is 40.2 Å². The Morgan fingerprint density at radius 3 is 2.58 bits per heavy atom. The van der Waals surface area contributed by atoms with Gasteiger partial charge in [0, 0.05) is 4.88 Å². The molecule has 0 saturated carbocycles. The topological polar surface area (TPSA) is 85.4 Å². The van der Waals surface area contributed by atoms with Crippen LogP contribution >= 0.6 is 11.3 Å². The van der Waals surface area contributed by atoms with Gasteiger partial charge in [0.15, 0.2) is 5.13 Å². The molecule has 0 spiro atoms. The molecule has 1 aliphatic carbocycles. The largest absolute Gasteiger partial charge is 0.465 e. The number of anilines is 1. The van der Waals surface area contributed by atoms with Crippen molar-refractivity contribution in [2.45, 2.75) is 37.0 Å². The number of fused-ring (bicyclic) bond motifs is 1. The van der Waals surface area contributed by atoms with Crippen molar-refractivity contribution in [2.75, 3.05) is 11.8 Å². The summed E-state index contributed by atoms with van der Waals surface area (Å²) in [5.74, 6) is -0.504. The van der Waals surface area contributed by atoms with Gasteiger partial charge in [-0.1, -0.05) is 6.42 Å². The highest BCUT2D eigenvalue weighted by Crippen LogP contribution is 2.30. The number of thiazole rings is 1. The summed E-state index contributed by atoms with van der Waals surface area (Å²) in [5, 5.41) is 0.402. The fourth-order valence-corrected chi connectivity index (χ4v) is 4.92. The van der Waals surface area contributed by atoms with Crippen LogP contribution in [0.3, 0.4) is 0 Å². The Bertz CT molecular complexity index is 818. The van der Waals surface area contributed by atoms with Gasteiger partial charge in [-0.25, -0.2) is 18.2 Å². The minimum Gasteiger partial charge on any atom is -0.465 e. The summed E-state index contributed by atoms with van der Waals surface area (Å²) in [4.78, 5) is 17.1. The maximum atomic E-state index is 12.5. The molecule has 0 bridgehead atoms. The second-order valence-electron chi connectivity index (χ2n) is 5.57. The average Bonchev–Trinajstić information content (AvgIpc) is 2.81. The first-order valence-electron chi connectivity index (χ1n) is 7.69. The number of carbonyl (C=O) groups is 1. The molecule has 1 aromatic heterocycles. The lowest BCUT2D eigenvalue weighted by Crippen LogP contribution is -2.13. The molecule has 6 nitrogen and oxygen atoms in total. The van der Waals surface area contributed by atoms with Crippen LogP contribution < -0.4 is 4.72 Å². The summed E-state index contributed by atoms with van der Waals surface area (Å²) in [6.07, 6.45) is 5.27. The molecule has 1 aromatic carbocycles. The third-order valence-corrected chi connectivity index (χ3v) is 6.46. The summed E-state index contributed by atoms with van der Waals surface area (Å²) >= 11 is 1.41. The van der Waals surface area contributed by atoms with Crippen LogP contribution in [0.15, 0.2) is 29.2 Å². The number of sulfonamides is 1. The molecular weight excluding hydrogens is 348 g/mol. The zero-order valence-electron chi connectivity index (χ0n) is 13.2. The van der Waals surface area contributed by atoms with Gasteiger partial charge in [-0.2, -0.15) is 0 Å². The zero-order chi connectivity index (χ0) is 17.2. The Kier molecular flexibility index (Phi) is 4.86. The molecule has 128 valence electrons. The first-order chi connectivity index (χ1) is 11.5. The van der Waals surface area contributed by atoms with Crippen LogP contribution in [-0.4, -0.2) is 26.5 Å². The van der Waals surface area contributed by atoms with E-state index in [4.69, 9.17) is 0 Å². The van der Waals surface area contributed by atoms with Crippen molar-refractivity contribution < 1.29 is 17.9 Å². The lowest BCUT2D eigenvalue weighted by atomic mass is 10.2. The van der Waals surface area contributed by atoms with E-state index in [9.17, 15) is 13.2 Å². The van der Waals surface area contributed by atoms with E-state index in [2.05, 4.69) is 14.4 Å². The van der Waals surface area contributed by atoms with Gasteiger partial charge >= 0.3 is 5.97 Å². The molecule has 2 aromatic rings. The third-order valence-electron chi connectivity index (χ3n) is 3.90. The van der Waals surface area contributed by atoms with E-state index in [1.807, 2.05) is 0 Å². The monoisotopic (exact) mass is 366 g/mol. The number of aryl methyl sites for hydroxylation is 2. The van der Waals surface area contributed by atoms with Gasteiger partial charge in [-0.15, -0.1) is 11.3 Å². The summed E-state index contributed by atoms with van der Waals surface area (Å²) in [6.45, 7) is 0. The van der Waals surface area contributed by atoms with E-state index < -0.39 is 16.0 Å². The fraction of sp³-hybridized carbons (Fsp3) is 0.375.